The Morgan fingerprint density at radius 2 is 1.36 bits per heavy atom. The van der Waals surface area contributed by atoms with E-state index in [1.807, 2.05) is 97.1 Å². The largest absolute Gasteiger partial charge is 0.272 e. The number of fused-ring (bicyclic) bond motifs is 1. The fourth-order valence-corrected chi connectivity index (χ4v) is 4.30. The predicted octanol–water partition coefficient (Wildman–Crippen LogP) is 7.72. The van der Waals surface area contributed by atoms with Crippen LogP contribution >= 0.6 is 15.9 Å². The first kappa shape index (κ1) is 23.4. The van der Waals surface area contributed by atoms with E-state index < -0.39 is 0 Å². The molecule has 5 heteroatoms. The second-order valence-corrected chi connectivity index (χ2v) is 9.07. The Kier molecular flexibility index (Phi) is 7.10. The number of hydrogen-bond donors (Lipinski definition) is 1. The van der Waals surface area contributed by atoms with E-state index in [1.165, 1.54) is 0 Å². The highest BCUT2D eigenvalue weighted by molar-refractivity contribution is 9.12. The Bertz CT molecular complexity index is 1560. The van der Waals surface area contributed by atoms with Crippen molar-refractivity contribution in [1.29, 1.82) is 0 Å². The van der Waals surface area contributed by atoms with Crippen LogP contribution in [-0.4, -0.2) is 17.1 Å². The zero-order valence-electron chi connectivity index (χ0n) is 19.3. The van der Waals surface area contributed by atoms with Gasteiger partial charge in [-0.15, -0.1) is 0 Å². The minimum Gasteiger partial charge on any atom is -0.267 e. The molecule has 0 aliphatic rings. The molecule has 0 unspecified atom stereocenters. The van der Waals surface area contributed by atoms with Crippen molar-refractivity contribution in [2.45, 2.75) is 0 Å². The molecule has 0 aliphatic carbocycles. The summed E-state index contributed by atoms with van der Waals surface area (Å²) in [4.78, 5) is 17.9. The summed E-state index contributed by atoms with van der Waals surface area (Å²) in [6.45, 7) is 0. The lowest BCUT2D eigenvalue weighted by atomic mass is 10.0. The molecule has 0 bridgehead atoms. The zero-order chi connectivity index (χ0) is 24.7. The molecule has 0 spiro atoms. The molecular formula is C31H22BrN3O. The van der Waals surface area contributed by atoms with E-state index in [4.69, 9.17) is 4.98 Å². The van der Waals surface area contributed by atoms with Crippen LogP contribution in [0.5, 0.6) is 0 Å². The molecule has 1 heterocycles. The summed E-state index contributed by atoms with van der Waals surface area (Å²) >= 11 is 3.48. The number of aromatic nitrogens is 1. The van der Waals surface area contributed by atoms with E-state index in [0.717, 1.165) is 43.3 Å². The minimum absolute atomic E-state index is 0.299. The number of allylic oxidation sites excluding steroid dienone is 1. The van der Waals surface area contributed by atoms with Gasteiger partial charge in [0.25, 0.3) is 5.91 Å². The molecule has 1 aromatic heterocycles. The molecule has 4 aromatic carbocycles. The maximum atomic E-state index is 13.1. The van der Waals surface area contributed by atoms with E-state index in [2.05, 4.69) is 50.7 Å². The van der Waals surface area contributed by atoms with Crippen LogP contribution in [0.2, 0.25) is 0 Å². The first-order valence-electron chi connectivity index (χ1n) is 11.5. The van der Waals surface area contributed by atoms with Crippen LogP contribution in [0.3, 0.4) is 0 Å². The van der Waals surface area contributed by atoms with Crippen LogP contribution in [0.4, 0.5) is 0 Å². The van der Waals surface area contributed by atoms with Gasteiger partial charge in [-0.3, -0.25) is 4.79 Å². The Hall–Kier alpha value is -4.35. The lowest BCUT2D eigenvalue weighted by Crippen LogP contribution is -2.18. The van der Waals surface area contributed by atoms with E-state index in [0.29, 0.717) is 5.56 Å². The third-order valence-electron chi connectivity index (χ3n) is 5.71. The van der Waals surface area contributed by atoms with Crippen molar-refractivity contribution in [2.75, 3.05) is 0 Å². The molecule has 0 atom stereocenters. The molecular weight excluding hydrogens is 510 g/mol. The van der Waals surface area contributed by atoms with Crippen molar-refractivity contribution in [3.63, 3.8) is 0 Å². The van der Waals surface area contributed by atoms with E-state index in [-0.39, 0.29) is 5.91 Å². The second-order valence-electron chi connectivity index (χ2n) is 8.15. The number of hydrazone groups is 1. The number of carbonyl (C=O) groups excluding carboxylic acids is 1. The Morgan fingerprint density at radius 1 is 0.750 bits per heavy atom. The van der Waals surface area contributed by atoms with Gasteiger partial charge in [0.15, 0.2) is 0 Å². The van der Waals surface area contributed by atoms with Crippen molar-refractivity contribution in [3.05, 3.63) is 131 Å². The molecule has 0 fully saturated rings. The molecule has 1 amide bonds. The molecule has 0 saturated heterocycles. The number of halogens is 1. The highest BCUT2D eigenvalue weighted by Gasteiger charge is 2.14. The molecule has 5 rings (SSSR count). The molecule has 4 nitrogen and oxygen atoms in total. The van der Waals surface area contributed by atoms with Gasteiger partial charge in [-0.2, -0.15) is 5.10 Å². The summed E-state index contributed by atoms with van der Waals surface area (Å²) in [5.74, 6) is -0.299. The highest BCUT2D eigenvalue weighted by Crippen LogP contribution is 2.27. The second kappa shape index (κ2) is 10.9. The number of pyridine rings is 1. The van der Waals surface area contributed by atoms with Gasteiger partial charge < -0.3 is 0 Å². The molecule has 1 N–H and O–H groups in total. The maximum absolute atomic E-state index is 13.1. The Balaban J connectivity index is 1.41. The maximum Gasteiger partial charge on any atom is 0.272 e. The average Bonchev–Trinajstić information content (AvgIpc) is 2.93. The number of rotatable bonds is 6. The summed E-state index contributed by atoms with van der Waals surface area (Å²) in [5.41, 5.74) is 8.90. The average molecular weight is 532 g/mol. The number of nitrogens with one attached hydrogen (secondary N) is 1. The number of amides is 1. The fourth-order valence-electron chi connectivity index (χ4n) is 3.93. The van der Waals surface area contributed by atoms with Crippen LogP contribution in [0.25, 0.3) is 39.4 Å². The zero-order valence-corrected chi connectivity index (χ0v) is 20.9. The van der Waals surface area contributed by atoms with Crippen LogP contribution in [0.1, 0.15) is 15.9 Å². The Morgan fingerprint density at radius 3 is 2.11 bits per heavy atom. The molecule has 36 heavy (non-hydrogen) atoms. The summed E-state index contributed by atoms with van der Waals surface area (Å²) in [5, 5.41) is 4.91. The lowest BCUT2D eigenvalue weighted by molar-refractivity contribution is 0.0956. The number of hydrogen-bond acceptors (Lipinski definition) is 3. The topological polar surface area (TPSA) is 54.4 Å². The van der Waals surface area contributed by atoms with Gasteiger partial charge in [-0.05, 0) is 50.8 Å². The van der Waals surface area contributed by atoms with Gasteiger partial charge in [-0.25, -0.2) is 10.4 Å². The molecule has 0 radical (unpaired) electrons. The molecule has 174 valence electrons. The standard InChI is InChI=1S/C31H22BrN3O/c32-26(19-22-9-3-1-4-10-22)21-33-35-31(36)28-20-30(34-29-14-8-7-13-27(28)29)25-17-15-24(16-18-25)23-11-5-2-6-12-23/h1-21H,(H,35,36)/b26-19+,33-21-. The minimum atomic E-state index is -0.299. The number of nitrogens with zero attached hydrogens (tertiary/aromatic N) is 2. The Labute approximate surface area is 218 Å². The summed E-state index contributed by atoms with van der Waals surface area (Å²) < 4.78 is 0.743. The third-order valence-corrected chi connectivity index (χ3v) is 6.14. The van der Waals surface area contributed by atoms with Crippen molar-refractivity contribution in [1.82, 2.24) is 10.4 Å². The van der Waals surface area contributed by atoms with Gasteiger partial charge in [-0.1, -0.05) is 103 Å². The molecule has 0 saturated carbocycles. The third kappa shape index (κ3) is 5.48. The first-order chi connectivity index (χ1) is 17.7. The van der Waals surface area contributed by atoms with Crippen LogP contribution in [0.15, 0.2) is 125 Å². The summed E-state index contributed by atoms with van der Waals surface area (Å²) in [6.07, 6.45) is 3.49. The van der Waals surface area contributed by atoms with Crippen molar-refractivity contribution >= 4 is 45.0 Å². The van der Waals surface area contributed by atoms with Crippen LogP contribution in [-0.2, 0) is 0 Å². The van der Waals surface area contributed by atoms with Gasteiger partial charge in [0.1, 0.15) is 0 Å². The van der Waals surface area contributed by atoms with E-state index >= 15 is 0 Å². The van der Waals surface area contributed by atoms with Crippen molar-refractivity contribution < 1.29 is 4.79 Å². The predicted molar refractivity (Wildman–Crippen MR) is 152 cm³/mol. The normalized spacial score (nSPS) is 11.6. The van der Waals surface area contributed by atoms with E-state index in [1.54, 1.807) is 6.21 Å². The van der Waals surface area contributed by atoms with Gasteiger partial charge >= 0.3 is 0 Å². The fraction of sp³-hybridized carbons (Fsp3) is 0. The van der Waals surface area contributed by atoms with Gasteiger partial charge in [0.2, 0.25) is 0 Å². The summed E-state index contributed by atoms with van der Waals surface area (Å²) in [7, 11) is 0. The first-order valence-corrected chi connectivity index (χ1v) is 12.3. The number of para-hydroxylation sites is 1. The number of benzene rings is 4. The van der Waals surface area contributed by atoms with Crippen molar-refractivity contribution in [3.8, 4) is 22.4 Å². The molecule has 5 aromatic rings. The quantitative estimate of drug-likeness (QED) is 0.180. The van der Waals surface area contributed by atoms with Crippen molar-refractivity contribution in [2.24, 2.45) is 5.10 Å². The van der Waals surface area contributed by atoms with Gasteiger partial charge in [0, 0.05) is 15.4 Å². The highest BCUT2D eigenvalue weighted by atomic mass is 79.9. The lowest BCUT2D eigenvalue weighted by Gasteiger charge is -2.10. The summed E-state index contributed by atoms with van der Waals surface area (Å²) in [6, 6.07) is 37.8. The SMILES string of the molecule is O=C(N/N=C\C(Br)=C/c1ccccc1)c1cc(-c2ccc(-c3ccccc3)cc2)nc2ccccc12. The van der Waals surface area contributed by atoms with E-state index in [9.17, 15) is 4.79 Å². The molecule has 0 aliphatic heterocycles. The van der Waals surface area contributed by atoms with Crippen LogP contribution in [0, 0.1) is 0 Å². The smallest absolute Gasteiger partial charge is 0.267 e. The van der Waals surface area contributed by atoms with Gasteiger partial charge in [0.05, 0.1) is 23.0 Å². The number of carbonyl (C=O) groups is 1. The monoisotopic (exact) mass is 531 g/mol. The van der Waals surface area contributed by atoms with Crippen LogP contribution < -0.4 is 5.43 Å².